The fourth-order valence-electron chi connectivity index (χ4n) is 3.15. The maximum absolute atomic E-state index is 13.0. The Bertz CT molecular complexity index is 986. The lowest BCUT2D eigenvalue weighted by Crippen LogP contribution is -2.38. The maximum Gasteiger partial charge on any atom is 0.416 e. The normalized spacial score (nSPS) is 12.1. The van der Waals surface area contributed by atoms with Gasteiger partial charge in [0.1, 0.15) is 11.3 Å². The van der Waals surface area contributed by atoms with E-state index >= 15 is 0 Å². The summed E-state index contributed by atoms with van der Waals surface area (Å²) in [5, 5.41) is 0. The summed E-state index contributed by atoms with van der Waals surface area (Å²) >= 11 is 8.59. The van der Waals surface area contributed by atoms with Crippen molar-refractivity contribution in [3.05, 3.63) is 47.3 Å². The first-order chi connectivity index (χ1) is 13.2. The summed E-state index contributed by atoms with van der Waals surface area (Å²) < 4.78 is 46.2. The Kier molecular flexibility index (Phi) is 6.14. The molecule has 2 aromatic heterocycles. The largest absolute Gasteiger partial charge is 0.496 e. The van der Waals surface area contributed by atoms with Crippen molar-refractivity contribution in [3.63, 3.8) is 0 Å². The molecule has 150 valence electrons. The SMILES string of the molecule is COc1cc[n+](-c2nc3ccc(C(F)(F)F)cc3[nH]2)c(CCCC(S)S)c1C. The number of fused-ring (bicyclic) bond motifs is 1. The first kappa shape index (κ1) is 20.9. The van der Waals surface area contributed by atoms with Crippen molar-refractivity contribution < 1.29 is 22.5 Å². The van der Waals surface area contributed by atoms with E-state index in [9.17, 15) is 13.2 Å². The number of aromatic amines is 1. The second-order valence-electron chi connectivity index (χ2n) is 6.49. The molecule has 0 spiro atoms. The third-order valence-corrected chi connectivity index (χ3v) is 5.11. The summed E-state index contributed by atoms with van der Waals surface area (Å²) in [5.74, 6) is 1.21. The minimum absolute atomic E-state index is 0.00801. The van der Waals surface area contributed by atoms with E-state index in [0.717, 1.165) is 48.4 Å². The van der Waals surface area contributed by atoms with Crippen LogP contribution in [0.1, 0.15) is 29.7 Å². The highest BCUT2D eigenvalue weighted by Crippen LogP contribution is 2.31. The number of nitrogens with one attached hydrogen (secondary N) is 1. The van der Waals surface area contributed by atoms with E-state index in [-0.39, 0.29) is 4.58 Å². The molecule has 2 heterocycles. The Morgan fingerprint density at radius 1 is 1.25 bits per heavy atom. The lowest BCUT2D eigenvalue weighted by atomic mass is 10.1. The second-order valence-corrected chi connectivity index (χ2v) is 8.14. The van der Waals surface area contributed by atoms with E-state index in [0.29, 0.717) is 17.0 Å². The van der Waals surface area contributed by atoms with E-state index in [2.05, 4.69) is 35.2 Å². The smallest absolute Gasteiger partial charge is 0.416 e. The molecule has 0 amide bonds. The number of H-pyrrole nitrogens is 1. The quantitative estimate of drug-likeness (QED) is 0.303. The molecule has 0 aliphatic carbocycles. The van der Waals surface area contributed by atoms with Crippen molar-refractivity contribution in [3.8, 4) is 11.7 Å². The predicted molar refractivity (Wildman–Crippen MR) is 109 cm³/mol. The Morgan fingerprint density at radius 2 is 2.00 bits per heavy atom. The van der Waals surface area contributed by atoms with Gasteiger partial charge in [0.2, 0.25) is 0 Å². The van der Waals surface area contributed by atoms with Gasteiger partial charge in [-0.05, 0) is 38.0 Å². The van der Waals surface area contributed by atoms with Gasteiger partial charge in [-0.25, -0.2) is 9.55 Å². The number of thiol groups is 2. The number of hydrogen-bond donors (Lipinski definition) is 3. The molecule has 28 heavy (non-hydrogen) atoms. The summed E-state index contributed by atoms with van der Waals surface area (Å²) in [5.41, 5.74) is 2.02. The summed E-state index contributed by atoms with van der Waals surface area (Å²) in [7, 11) is 1.60. The number of nitrogens with zero attached hydrogens (tertiary/aromatic N) is 2. The van der Waals surface area contributed by atoms with Crippen LogP contribution in [-0.2, 0) is 12.6 Å². The fraction of sp³-hybridized carbons (Fsp3) is 0.368. The third-order valence-electron chi connectivity index (χ3n) is 4.59. The average Bonchev–Trinajstić information content (AvgIpc) is 3.05. The average molecular weight is 429 g/mol. The zero-order valence-corrected chi connectivity index (χ0v) is 17.2. The number of hydrogen-bond acceptors (Lipinski definition) is 4. The van der Waals surface area contributed by atoms with E-state index in [4.69, 9.17) is 4.74 Å². The number of benzene rings is 1. The molecule has 3 aromatic rings. The van der Waals surface area contributed by atoms with E-state index < -0.39 is 11.7 Å². The summed E-state index contributed by atoms with van der Waals surface area (Å²) in [4.78, 5) is 7.49. The van der Waals surface area contributed by atoms with E-state index in [1.165, 1.54) is 6.07 Å². The van der Waals surface area contributed by atoms with Crippen LogP contribution in [0, 0.1) is 6.92 Å². The lowest BCUT2D eigenvalue weighted by molar-refractivity contribution is -0.612. The third kappa shape index (κ3) is 4.41. The maximum atomic E-state index is 13.0. The molecule has 3 rings (SSSR count). The van der Waals surface area contributed by atoms with Crippen LogP contribution < -0.4 is 9.30 Å². The van der Waals surface area contributed by atoms with Gasteiger partial charge in [0.25, 0.3) is 0 Å². The van der Waals surface area contributed by atoms with Gasteiger partial charge in [-0.15, -0.1) is 0 Å². The highest BCUT2D eigenvalue weighted by atomic mass is 32.2. The number of pyridine rings is 1. The number of imidazole rings is 1. The zero-order valence-electron chi connectivity index (χ0n) is 15.4. The van der Waals surface area contributed by atoms with Gasteiger partial charge in [-0.2, -0.15) is 38.4 Å². The van der Waals surface area contributed by atoms with Gasteiger partial charge in [0.05, 0.1) is 24.6 Å². The van der Waals surface area contributed by atoms with E-state index in [1.54, 1.807) is 7.11 Å². The summed E-state index contributed by atoms with van der Waals surface area (Å²) in [6, 6.07) is 5.31. The molecular weight excluding hydrogens is 407 g/mol. The van der Waals surface area contributed by atoms with Gasteiger partial charge < -0.3 is 4.74 Å². The molecule has 0 saturated heterocycles. The molecule has 0 atom stereocenters. The predicted octanol–water partition coefficient (Wildman–Crippen LogP) is 4.68. The molecule has 0 aliphatic rings. The van der Waals surface area contributed by atoms with Gasteiger partial charge in [0, 0.05) is 22.6 Å². The standard InChI is InChI=1S/C19H20F3N3OS2/c1-11-15(4-3-5-17(27)28)25(9-8-16(11)26-2)18-23-13-7-6-12(19(20,21)22)10-14(13)24-18/h6-10,17H,3-5H2,1-2H3,(H2-,23,24,27,28)/p+1. The van der Waals surface area contributed by atoms with Gasteiger partial charge >= 0.3 is 12.1 Å². The molecule has 0 saturated carbocycles. The topological polar surface area (TPSA) is 41.8 Å². The van der Waals surface area contributed by atoms with Gasteiger partial charge in [0.15, 0.2) is 5.52 Å². The number of halogens is 3. The summed E-state index contributed by atoms with van der Waals surface area (Å²) in [6.45, 7) is 1.95. The molecule has 4 nitrogen and oxygen atoms in total. The van der Waals surface area contributed by atoms with Crippen molar-refractivity contribution in [2.45, 2.75) is 36.9 Å². The molecule has 0 fully saturated rings. The van der Waals surface area contributed by atoms with Gasteiger partial charge in [-0.3, -0.25) is 0 Å². The molecule has 0 unspecified atom stereocenters. The van der Waals surface area contributed by atoms with Crippen LogP contribution in [0.2, 0.25) is 0 Å². The Labute approximate surface area is 172 Å². The minimum atomic E-state index is -4.40. The fourth-order valence-corrected chi connectivity index (χ4v) is 3.51. The van der Waals surface area contributed by atoms with Crippen LogP contribution in [0.25, 0.3) is 17.0 Å². The lowest BCUT2D eigenvalue weighted by Gasteiger charge is -2.13. The number of aromatic nitrogens is 3. The van der Waals surface area contributed by atoms with E-state index in [1.807, 2.05) is 23.8 Å². The van der Waals surface area contributed by atoms with Crippen LogP contribution in [0.3, 0.4) is 0 Å². The molecule has 1 N–H and O–H groups in total. The molecular formula is C19H21F3N3OS2+. The molecule has 0 aliphatic heterocycles. The van der Waals surface area contributed by atoms with Gasteiger partial charge in [-0.1, -0.05) is 4.98 Å². The molecule has 9 heteroatoms. The first-order valence-electron chi connectivity index (χ1n) is 8.72. The van der Waals surface area contributed by atoms with Crippen LogP contribution in [-0.4, -0.2) is 21.7 Å². The zero-order chi connectivity index (χ0) is 20.5. The number of ether oxygens (including phenoxy) is 1. The minimum Gasteiger partial charge on any atom is -0.496 e. The first-order valence-corrected chi connectivity index (χ1v) is 9.75. The van der Waals surface area contributed by atoms with Crippen LogP contribution in [0.15, 0.2) is 30.5 Å². The van der Waals surface area contributed by atoms with Crippen molar-refractivity contribution in [1.29, 1.82) is 0 Å². The number of alkyl halides is 3. The Balaban J connectivity index is 2.05. The Hall–Kier alpha value is -1.87. The van der Waals surface area contributed by atoms with Crippen LogP contribution in [0.4, 0.5) is 13.2 Å². The molecule has 0 bridgehead atoms. The molecule has 0 radical (unpaired) electrons. The number of rotatable bonds is 6. The molecule has 1 aromatic carbocycles. The van der Waals surface area contributed by atoms with Crippen molar-refractivity contribution >= 4 is 36.3 Å². The monoisotopic (exact) mass is 428 g/mol. The summed E-state index contributed by atoms with van der Waals surface area (Å²) in [6.07, 6.45) is -0.194. The highest BCUT2D eigenvalue weighted by molar-refractivity contribution is 7.99. The van der Waals surface area contributed by atoms with Crippen molar-refractivity contribution in [2.75, 3.05) is 7.11 Å². The van der Waals surface area contributed by atoms with Crippen LogP contribution >= 0.6 is 25.3 Å². The highest BCUT2D eigenvalue weighted by Gasteiger charge is 2.31. The van der Waals surface area contributed by atoms with Crippen molar-refractivity contribution in [2.24, 2.45) is 0 Å². The van der Waals surface area contributed by atoms with Crippen molar-refractivity contribution in [1.82, 2.24) is 9.97 Å². The second kappa shape index (κ2) is 8.24. The number of methoxy groups -OCH3 is 1. The van der Waals surface area contributed by atoms with Crippen LogP contribution in [0.5, 0.6) is 5.75 Å². The Morgan fingerprint density at radius 3 is 2.64 bits per heavy atom.